The number of thiazole rings is 1. The number of aryl methyl sites for hydroxylation is 1. The van der Waals surface area contributed by atoms with Crippen molar-refractivity contribution in [1.82, 2.24) is 9.97 Å². The summed E-state index contributed by atoms with van der Waals surface area (Å²) in [5.41, 5.74) is 2.18. The normalized spacial score (nSPS) is 11.5. The van der Waals surface area contributed by atoms with Gasteiger partial charge in [-0.15, -0.1) is 11.3 Å². The van der Waals surface area contributed by atoms with Crippen molar-refractivity contribution < 1.29 is 9.53 Å². The minimum atomic E-state index is -0.896. The molecule has 0 N–H and O–H groups in total. The average molecular weight is 349 g/mol. The highest BCUT2D eigenvalue weighted by atomic mass is 32.1. The lowest BCUT2D eigenvalue weighted by Crippen LogP contribution is -2.11. The van der Waals surface area contributed by atoms with Gasteiger partial charge in [0, 0.05) is 34.6 Å². The molecule has 0 amide bonds. The van der Waals surface area contributed by atoms with Crippen molar-refractivity contribution in [2.75, 3.05) is 0 Å². The molecule has 0 fully saturated rings. The maximum Gasteiger partial charge on any atom is 0.187 e. The number of Topliss-reactive ketones (excluding diaryl/α,β-unsaturated/α-hetero) is 1. The second-order valence-electron chi connectivity index (χ2n) is 5.43. The molecule has 124 valence electrons. The zero-order valence-corrected chi connectivity index (χ0v) is 14.4. The summed E-state index contributed by atoms with van der Waals surface area (Å²) in [6.45, 7) is 2.20. The highest BCUT2D eigenvalue weighted by Crippen LogP contribution is 2.25. The number of carbonyl (C=O) groups excluding carboxylic acids is 1. The lowest BCUT2D eigenvalue weighted by Gasteiger charge is -2.09. The number of rotatable bonds is 6. The lowest BCUT2D eigenvalue weighted by atomic mass is 9.99. The van der Waals surface area contributed by atoms with Crippen molar-refractivity contribution in [1.29, 1.82) is 5.26 Å². The summed E-state index contributed by atoms with van der Waals surface area (Å²) in [6, 6.07) is 12.7. The number of hydrogen-bond donors (Lipinski definition) is 0. The molecule has 0 radical (unpaired) electrons. The summed E-state index contributed by atoms with van der Waals surface area (Å²) in [6.07, 6.45) is 3.43. The molecule has 0 aliphatic carbocycles. The Labute approximate surface area is 149 Å². The Morgan fingerprint density at radius 3 is 2.92 bits per heavy atom. The van der Waals surface area contributed by atoms with Crippen LogP contribution < -0.4 is 4.74 Å². The molecule has 0 aliphatic rings. The zero-order chi connectivity index (χ0) is 17.6. The largest absolute Gasteiger partial charge is 0.489 e. The van der Waals surface area contributed by atoms with Crippen LogP contribution in [0.1, 0.15) is 32.5 Å². The van der Waals surface area contributed by atoms with E-state index in [0.717, 1.165) is 11.3 Å². The minimum Gasteiger partial charge on any atom is -0.489 e. The molecule has 0 bridgehead atoms. The molecule has 0 spiro atoms. The third-order valence-electron chi connectivity index (χ3n) is 3.52. The van der Waals surface area contributed by atoms with E-state index < -0.39 is 5.92 Å². The maximum absolute atomic E-state index is 12.7. The summed E-state index contributed by atoms with van der Waals surface area (Å²) >= 11 is 1.32. The van der Waals surface area contributed by atoms with Crippen LogP contribution in [0, 0.1) is 18.3 Å². The number of aromatic nitrogens is 2. The number of nitriles is 1. The number of benzene rings is 1. The molecule has 1 atom stereocenters. The Morgan fingerprint density at radius 1 is 1.36 bits per heavy atom. The number of pyridine rings is 1. The van der Waals surface area contributed by atoms with Gasteiger partial charge < -0.3 is 4.74 Å². The monoisotopic (exact) mass is 349 g/mol. The van der Waals surface area contributed by atoms with E-state index in [9.17, 15) is 10.1 Å². The van der Waals surface area contributed by atoms with Crippen LogP contribution in [0.2, 0.25) is 0 Å². The summed E-state index contributed by atoms with van der Waals surface area (Å²) < 4.78 is 5.72. The summed E-state index contributed by atoms with van der Waals surface area (Å²) in [5.74, 6) is -0.599. The average Bonchev–Trinajstić information content (AvgIpc) is 3.07. The van der Waals surface area contributed by atoms with Crippen LogP contribution in [0.4, 0.5) is 0 Å². The van der Waals surface area contributed by atoms with Crippen LogP contribution in [0.15, 0.2) is 54.2 Å². The first-order valence-corrected chi connectivity index (χ1v) is 8.53. The second-order valence-corrected chi connectivity index (χ2v) is 6.32. The first-order valence-electron chi connectivity index (χ1n) is 7.65. The fraction of sp³-hybridized carbons (Fsp3) is 0.158. The highest BCUT2D eigenvalue weighted by Gasteiger charge is 2.24. The Bertz CT molecular complexity index is 916. The number of carbonyl (C=O) groups is 1. The number of ether oxygens (including phenoxy) is 1. The van der Waals surface area contributed by atoms with Gasteiger partial charge in [0.1, 0.15) is 17.4 Å². The molecule has 1 aromatic carbocycles. The van der Waals surface area contributed by atoms with Crippen molar-refractivity contribution in [3.63, 3.8) is 0 Å². The van der Waals surface area contributed by atoms with Crippen LogP contribution in [-0.4, -0.2) is 15.8 Å². The van der Waals surface area contributed by atoms with Crippen molar-refractivity contribution in [2.45, 2.75) is 19.4 Å². The first-order chi connectivity index (χ1) is 12.2. The van der Waals surface area contributed by atoms with E-state index in [0.29, 0.717) is 22.9 Å². The molecular weight excluding hydrogens is 334 g/mol. The molecule has 2 heterocycles. The number of hydrogen-bond acceptors (Lipinski definition) is 6. The summed E-state index contributed by atoms with van der Waals surface area (Å²) in [4.78, 5) is 21.0. The zero-order valence-electron chi connectivity index (χ0n) is 13.5. The quantitative estimate of drug-likeness (QED) is 0.631. The second kappa shape index (κ2) is 7.69. The van der Waals surface area contributed by atoms with Crippen LogP contribution in [0.25, 0.3) is 0 Å². The van der Waals surface area contributed by atoms with E-state index in [2.05, 4.69) is 16.0 Å². The molecule has 0 aliphatic heterocycles. The molecule has 3 rings (SSSR count). The van der Waals surface area contributed by atoms with Crippen LogP contribution in [0.3, 0.4) is 0 Å². The topological polar surface area (TPSA) is 75.9 Å². The maximum atomic E-state index is 12.7. The van der Waals surface area contributed by atoms with Crippen molar-refractivity contribution >= 4 is 17.1 Å². The van der Waals surface area contributed by atoms with E-state index in [1.165, 1.54) is 11.3 Å². The van der Waals surface area contributed by atoms with Crippen molar-refractivity contribution in [3.05, 3.63) is 76.0 Å². The van der Waals surface area contributed by atoms with Crippen molar-refractivity contribution in [2.24, 2.45) is 0 Å². The SMILES string of the molecule is Cc1csc(C(C#N)C(=O)c2cccc(OCc3cccnc3)c2)n1. The fourth-order valence-corrected chi connectivity index (χ4v) is 3.12. The first kappa shape index (κ1) is 16.8. The van der Waals surface area contributed by atoms with Crippen molar-refractivity contribution in [3.8, 4) is 11.8 Å². The minimum absolute atomic E-state index is 0.274. The molecule has 25 heavy (non-hydrogen) atoms. The molecule has 0 saturated carbocycles. The summed E-state index contributed by atoms with van der Waals surface area (Å²) in [7, 11) is 0. The van der Waals surface area contributed by atoms with Gasteiger partial charge in [-0.05, 0) is 25.1 Å². The molecular formula is C19H15N3O2S. The molecule has 3 aromatic rings. The van der Waals surface area contributed by atoms with Crippen LogP contribution in [-0.2, 0) is 6.61 Å². The standard InChI is InChI=1S/C19H15N3O2S/c1-13-12-25-19(22-13)17(9-20)18(23)15-5-2-6-16(8-15)24-11-14-4-3-7-21-10-14/h2-8,10,12,17H,11H2,1H3. The van der Waals surface area contributed by atoms with Gasteiger partial charge >= 0.3 is 0 Å². The third-order valence-corrected chi connectivity index (χ3v) is 4.55. The Hall–Kier alpha value is -3.04. The Balaban J connectivity index is 1.76. The van der Waals surface area contributed by atoms with Gasteiger partial charge in [-0.3, -0.25) is 9.78 Å². The van der Waals surface area contributed by atoms with E-state index >= 15 is 0 Å². The summed E-state index contributed by atoms with van der Waals surface area (Å²) in [5, 5.41) is 11.8. The Morgan fingerprint density at radius 2 is 2.24 bits per heavy atom. The van der Waals surface area contributed by atoms with Gasteiger partial charge in [-0.2, -0.15) is 5.26 Å². The van der Waals surface area contributed by atoms with Gasteiger partial charge in [0.2, 0.25) is 0 Å². The van der Waals surface area contributed by atoms with E-state index in [1.807, 2.05) is 24.4 Å². The Kier molecular flexibility index (Phi) is 5.17. The number of nitrogens with zero attached hydrogens (tertiary/aromatic N) is 3. The van der Waals surface area contributed by atoms with Gasteiger partial charge in [0.25, 0.3) is 0 Å². The van der Waals surface area contributed by atoms with E-state index in [1.54, 1.807) is 36.7 Å². The van der Waals surface area contributed by atoms with Crippen LogP contribution >= 0.6 is 11.3 Å². The fourth-order valence-electron chi connectivity index (χ4n) is 2.29. The van der Waals surface area contributed by atoms with Gasteiger partial charge in [0.15, 0.2) is 11.7 Å². The van der Waals surface area contributed by atoms with Gasteiger partial charge in [-0.25, -0.2) is 4.98 Å². The lowest BCUT2D eigenvalue weighted by molar-refractivity contribution is 0.0978. The van der Waals surface area contributed by atoms with E-state index in [-0.39, 0.29) is 5.78 Å². The van der Waals surface area contributed by atoms with Crippen LogP contribution in [0.5, 0.6) is 5.75 Å². The van der Waals surface area contributed by atoms with Gasteiger partial charge in [0.05, 0.1) is 6.07 Å². The molecule has 6 heteroatoms. The highest BCUT2D eigenvalue weighted by molar-refractivity contribution is 7.10. The third kappa shape index (κ3) is 4.08. The predicted molar refractivity (Wildman–Crippen MR) is 94.5 cm³/mol. The molecule has 1 unspecified atom stereocenters. The number of ketones is 1. The van der Waals surface area contributed by atoms with E-state index in [4.69, 9.17) is 4.74 Å². The molecule has 5 nitrogen and oxygen atoms in total. The predicted octanol–water partition coefficient (Wildman–Crippen LogP) is 3.92. The molecule has 2 aromatic heterocycles. The van der Waals surface area contributed by atoms with Gasteiger partial charge in [-0.1, -0.05) is 18.2 Å². The smallest absolute Gasteiger partial charge is 0.187 e. The molecule has 0 saturated heterocycles.